The van der Waals surface area contributed by atoms with Crippen molar-refractivity contribution < 1.29 is 21.8 Å². The number of halogens is 5. The molecule has 0 heterocycles. The minimum atomic E-state index is -3.06. The van der Waals surface area contributed by atoms with Crippen LogP contribution >= 0.6 is 11.6 Å². The number of benzene rings is 1. The quantitative estimate of drug-likeness (QED) is 0.656. The molecule has 0 aliphatic carbocycles. The van der Waals surface area contributed by atoms with Gasteiger partial charge in [0.1, 0.15) is 17.7 Å². The van der Waals surface area contributed by atoms with Crippen LogP contribution in [0.3, 0.4) is 0 Å². The van der Waals surface area contributed by atoms with Crippen LogP contribution in [0.1, 0.15) is 32.4 Å². The first-order valence-electron chi connectivity index (χ1n) is 5.64. The van der Waals surface area contributed by atoms with E-state index in [2.05, 4.69) is 4.72 Å². The van der Waals surface area contributed by atoms with E-state index in [0.717, 1.165) is 0 Å². The van der Waals surface area contributed by atoms with Crippen LogP contribution < -0.4 is 4.72 Å². The van der Waals surface area contributed by atoms with Gasteiger partial charge in [-0.2, -0.15) is 0 Å². The number of hydrogen-bond donors (Lipinski definition) is 1. The highest BCUT2D eigenvalue weighted by Gasteiger charge is 2.31. The van der Waals surface area contributed by atoms with Crippen LogP contribution in [0.15, 0.2) is 12.1 Å². The lowest BCUT2D eigenvalue weighted by molar-refractivity contribution is 0.107. The van der Waals surface area contributed by atoms with Gasteiger partial charge in [0.2, 0.25) is 0 Å². The molecule has 2 atom stereocenters. The highest BCUT2D eigenvalue weighted by atomic mass is 35.5. The van der Waals surface area contributed by atoms with Crippen molar-refractivity contribution in [2.75, 3.05) is 0 Å². The summed E-state index contributed by atoms with van der Waals surface area (Å²) in [6.45, 7) is 4.70. The second-order valence-corrected chi connectivity index (χ2v) is 7.50. The minimum absolute atomic E-state index is 0.504. The highest BCUT2D eigenvalue weighted by molar-refractivity contribution is 7.84. The average molecular weight is 332 g/mol. The van der Waals surface area contributed by atoms with E-state index in [1.807, 2.05) is 0 Å². The van der Waals surface area contributed by atoms with E-state index in [-0.39, 0.29) is 0 Å². The maximum atomic E-state index is 13.7. The van der Waals surface area contributed by atoms with Gasteiger partial charge in [-0.1, -0.05) is 11.6 Å². The Morgan fingerprint density at radius 1 is 1.20 bits per heavy atom. The van der Waals surface area contributed by atoms with Crippen LogP contribution in [-0.2, 0) is 11.0 Å². The van der Waals surface area contributed by atoms with E-state index in [1.165, 1.54) is 0 Å². The van der Waals surface area contributed by atoms with Crippen molar-refractivity contribution in [2.45, 2.75) is 38.0 Å². The molecule has 0 radical (unpaired) electrons. The monoisotopic (exact) mass is 331 g/mol. The number of alkyl halides is 2. The molecule has 1 rings (SSSR count). The maximum Gasteiger partial charge on any atom is 0.258 e. The Balaban J connectivity index is 3.16. The van der Waals surface area contributed by atoms with Crippen LogP contribution in [0.4, 0.5) is 17.6 Å². The Hall–Kier alpha value is -0.660. The van der Waals surface area contributed by atoms with Crippen LogP contribution in [-0.4, -0.2) is 15.4 Å². The Morgan fingerprint density at radius 3 is 2.20 bits per heavy atom. The fourth-order valence-corrected chi connectivity index (χ4v) is 2.28. The van der Waals surface area contributed by atoms with Gasteiger partial charge in [0, 0.05) is 5.56 Å². The van der Waals surface area contributed by atoms with Gasteiger partial charge in [-0.25, -0.2) is 26.5 Å². The molecule has 0 aromatic heterocycles. The fraction of sp³-hybridized carbons (Fsp3) is 0.500. The van der Waals surface area contributed by atoms with Crippen molar-refractivity contribution in [3.8, 4) is 0 Å². The summed E-state index contributed by atoms with van der Waals surface area (Å²) < 4.78 is 66.2. The van der Waals surface area contributed by atoms with Gasteiger partial charge in [-0.15, -0.1) is 0 Å². The molecule has 0 fully saturated rings. The van der Waals surface area contributed by atoms with Crippen molar-refractivity contribution in [1.82, 2.24) is 4.72 Å². The first-order valence-corrected chi connectivity index (χ1v) is 7.17. The van der Waals surface area contributed by atoms with E-state index >= 15 is 0 Å². The van der Waals surface area contributed by atoms with E-state index in [0.29, 0.717) is 12.1 Å². The molecule has 114 valence electrons. The lowest BCUT2D eigenvalue weighted by Gasteiger charge is -2.24. The zero-order valence-corrected chi connectivity index (χ0v) is 12.6. The molecule has 20 heavy (non-hydrogen) atoms. The molecule has 0 aliphatic heterocycles. The number of rotatable bonds is 4. The molecule has 2 nitrogen and oxygen atoms in total. The van der Waals surface area contributed by atoms with Crippen molar-refractivity contribution in [3.05, 3.63) is 34.4 Å². The third kappa shape index (κ3) is 4.17. The van der Waals surface area contributed by atoms with Crippen molar-refractivity contribution in [2.24, 2.45) is 0 Å². The Labute approximate surface area is 122 Å². The van der Waals surface area contributed by atoms with Gasteiger partial charge >= 0.3 is 0 Å². The lowest BCUT2D eigenvalue weighted by Crippen LogP contribution is -2.38. The van der Waals surface area contributed by atoms with Gasteiger partial charge in [0.15, 0.2) is 0 Å². The third-order valence-electron chi connectivity index (χ3n) is 2.42. The smallest absolute Gasteiger partial charge is 0.242 e. The lowest BCUT2D eigenvalue weighted by atomic mass is 10.1. The summed E-state index contributed by atoms with van der Waals surface area (Å²) in [4.78, 5) is 0. The van der Waals surface area contributed by atoms with Crippen molar-refractivity contribution in [1.29, 1.82) is 0 Å². The van der Waals surface area contributed by atoms with E-state index < -0.39 is 50.4 Å². The van der Waals surface area contributed by atoms with Crippen LogP contribution in [0.2, 0.25) is 5.02 Å². The van der Waals surface area contributed by atoms with E-state index in [1.54, 1.807) is 20.8 Å². The summed E-state index contributed by atoms with van der Waals surface area (Å²) in [6.07, 6.45) is -3.06. The number of nitrogens with one attached hydrogen (secondary N) is 1. The topological polar surface area (TPSA) is 29.1 Å². The summed E-state index contributed by atoms with van der Waals surface area (Å²) >= 11 is 5.37. The summed E-state index contributed by atoms with van der Waals surface area (Å²) in [5.41, 5.74) is -0.612. The molecule has 0 spiro atoms. The van der Waals surface area contributed by atoms with Crippen LogP contribution in [0.25, 0.3) is 0 Å². The number of hydrogen-bond acceptors (Lipinski definition) is 1. The Morgan fingerprint density at radius 2 is 1.75 bits per heavy atom. The standard InChI is InChI=1S/C12H14ClF4NOS/c1-12(2,3)20(19)18-10(11(16)17)6-4-9(15)7(13)5-8(6)14/h4-5,10-11,18H,1-3H3/t10-,20?/m0/s1. The molecular formula is C12H14ClF4NOS. The molecule has 0 saturated carbocycles. The molecule has 1 unspecified atom stereocenters. The predicted molar refractivity (Wildman–Crippen MR) is 71.1 cm³/mol. The zero-order valence-electron chi connectivity index (χ0n) is 11.0. The highest BCUT2D eigenvalue weighted by Crippen LogP contribution is 2.29. The van der Waals surface area contributed by atoms with Gasteiger partial charge in [-0.3, -0.25) is 0 Å². The van der Waals surface area contributed by atoms with E-state index in [4.69, 9.17) is 11.6 Å². The van der Waals surface area contributed by atoms with Crippen LogP contribution in [0, 0.1) is 11.6 Å². The van der Waals surface area contributed by atoms with Crippen molar-refractivity contribution >= 4 is 22.6 Å². The van der Waals surface area contributed by atoms with E-state index in [9.17, 15) is 21.8 Å². The summed E-state index contributed by atoms with van der Waals surface area (Å²) in [7, 11) is -1.86. The molecule has 0 saturated heterocycles. The molecule has 1 N–H and O–H groups in total. The molecule has 8 heteroatoms. The second kappa shape index (κ2) is 6.41. The Kier molecular flexibility index (Phi) is 5.57. The first kappa shape index (κ1) is 17.4. The summed E-state index contributed by atoms with van der Waals surface area (Å²) in [6, 6.07) is -0.688. The largest absolute Gasteiger partial charge is 0.258 e. The summed E-state index contributed by atoms with van der Waals surface area (Å²) in [5, 5.41) is -0.504. The third-order valence-corrected chi connectivity index (χ3v) is 4.29. The minimum Gasteiger partial charge on any atom is -0.242 e. The molecule has 1 aromatic carbocycles. The zero-order chi connectivity index (χ0) is 15.7. The average Bonchev–Trinajstić information content (AvgIpc) is 2.29. The molecule has 0 aliphatic rings. The normalized spacial score (nSPS) is 15.4. The maximum absolute atomic E-state index is 13.7. The predicted octanol–water partition coefficient (Wildman–Crippen LogP) is 3.98. The summed E-state index contributed by atoms with van der Waals surface area (Å²) in [5.74, 6) is -2.10. The molecule has 0 amide bonds. The molecule has 1 aromatic rings. The molecule has 0 bridgehead atoms. The second-order valence-electron chi connectivity index (χ2n) is 5.10. The SMILES string of the molecule is CC(C)(C)S(=O)N[C@@H](c1cc(F)c(Cl)cc1F)C(F)F. The molecular weight excluding hydrogens is 318 g/mol. The van der Waals surface area contributed by atoms with Crippen LogP contribution in [0.5, 0.6) is 0 Å². The fourth-order valence-electron chi connectivity index (χ4n) is 1.32. The van der Waals surface area contributed by atoms with Gasteiger partial charge in [-0.05, 0) is 32.9 Å². The van der Waals surface area contributed by atoms with Gasteiger partial charge in [0.25, 0.3) is 6.43 Å². The van der Waals surface area contributed by atoms with Gasteiger partial charge < -0.3 is 0 Å². The van der Waals surface area contributed by atoms with Crippen molar-refractivity contribution in [3.63, 3.8) is 0 Å². The first-order chi connectivity index (χ1) is 9.04. The Bertz CT molecular complexity index is 519. The van der Waals surface area contributed by atoms with Gasteiger partial charge in [0.05, 0.1) is 20.8 Å².